The topological polar surface area (TPSA) is 0 Å². The molecule has 0 N–H and O–H groups in total. The van der Waals surface area contributed by atoms with Gasteiger partial charge in [-0.15, -0.1) is 0 Å². The van der Waals surface area contributed by atoms with Crippen molar-refractivity contribution in [3.63, 3.8) is 0 Å². The second-order valence-electron chi connectivity index (χ2n) is 0. The van der Waals surface area contributed by atoms with Crippen molar-refractivity contribution < 1.29 is 140 Å². The smallest absolute Gasteiger partial charge is 1.00 e. The van der Waals surface area contributed by atoms with E-state index in [1.165, 1.54) is 0 Å². The maximum atomic E-state index is 0. The summed E-state index contributed by atoms with van der Waals surface area (Å²) in [7, 11) is 0. The van der Waals surface area contributed by atoms with Gasteiger partial charge in [0.1, 0.15) is 0 Å². The largest absolute Gasteiger partial charge is 3.00 e. The average Bonchev–Trinajstić information content (AvgIpc) is 0. The Hall–Kier alpha value is 2.98. The van der Waals surface area contributed by atoms with E-state index in [1.54, 1.807) is 0 Å². The van der Waals surface area contributed by atoms with Gasteiger partial charge in [-0.3, -0.25) is 0 Å². The molecule has 0 fully saturated rings. The van der Waals surface area contributed by atoms with Gasteiger partial charge in [0.25, 0.3) is 0 Å². The average molecular weight is 457 g/mol. The third-order valence-electron chi connectivity index (χ3n) is 0. The molecule has 0 atom stereocenters. The van der Waals surface area contributed by atoms with E-state index in [4.69, 9.17) is 0 Å². The maximum Gasteiger partial charge on any atom is 3.00 e. The minimum absolute atomic E-state index is 0. The number of hydrogen-bond acceptors (Lipinski definition) is 0. The van der Waals surface area contributed by atoms with Gasteiger partial charge in [-0.2, -0.15) is 0 Å². The minimum atomic E-state index is 0. The molecule has 0 amide bonds. The Morgan fingerprint density at radius 3 is 0.400 bits per heavy atom. The van der Waals surface area contributed by atoms with Crippen LogP contribution in [0, 0.1) is 87.8 Å². The first kappa shape index (κ1) is 210. The normalized spacial score (nSPS) is 0. The van der Waals surface area contributed by atoms with Gasteiger partial charge in [-0.1, -0.05) is 0 Å². The Balaban J connectivity index is 0. The van der Waals surface area contributed by atoms with E-state index in [0.29, 0.717) is 0 Å². The SMILES string of the molecule is [F-].[F-].[F-].[F-].[F-].[F-].[F-].[Li+].[Nd+3].[Yb+3]. The van der Waals surface area contributed by atoms with Gasteiger partial charge in [-0.25, -0.2) is 0 Å². The van der Waals surface area contributed by atoms with Gasteiger partial charge in [0.15, 0.2) is 0 Å². The van der Waals surface area contributed by atoms with Crippen LogP contribution >= 0.6 is 0 Å². The molecule has 0 aliphatic heterocycles. The van der Waals surface area contributed by atoms with Crippen LogP contribution in [-0.4, -0.2) is 0 Å². The van der Waals surface area contributed by atoms with E-state index >= 15 is 0 Å². The quantitative estimate of drug-likeness (QED) is 0.251. The number of rotatable bonds is 0. The van der Waals surface area contributed by atoms with Crippen LogP contribution in [-0.2, 0) is 0 Å². The van der Waals surface area contributed by atoms with Crippen LogP contribution in [0.15, 0.2) is 0 Å². The number of halogens is 7. The van der Waals surface area contributed by atoms with Gasteiger partial charge in [0, 0.05) is 0 Å². The molecule has 0 aromatic heterocycles. The molecule has 0 bridgehead atoms. The molecule has 0 saturated heterocycles. The van der Waals surface area contributed by atoms with Crippen LogP contribution in [0.1, 0.15) is 0 Å². The third kappa shape index (κ3) is 123. The molecule has 68 valence electrons. The van der Waals surface area contributed by atoms with E-state index in [0.717, 1.165) is 0 Å². The summed E-state index contributed by atoms with van der Waals surface area (Å²) in [5, 5.41) is 0. The van der Waals surface area contributed by atoms with Crippen molar-refractivity contribution in [1.82, 2.24) is 0 Å². The zero-order valence-corrected chi connectivity index (χ0v) is 9.34. The van der Waals surface area contributed by atoms with Crippen LogP contribution in [0.2, 0.25) is 0 Å². The molecular weight excluding hydrogens is 457 g/mol. The Kier molecular flexibility index (Phi) is 3420. The fraction of sp³-hybridized carbons (Fsp3) is 0. The van der Waals surface area contributed by atoms with E-state index in [9.17, 15) is 0 Å². The van der Waals surface area contributed by atoms with Gasteiger partial charge in [0.2, 0.25) is 0 Å². The molecule has 0 heterocycles. The predicted molar refractivity (Wildman–Crippen MR) is 0 cm³/mol. The van der Waals surface area contributed by atoms with Gasteiger partial charge in [-0.05, 0) is 0 Å². The standard InChI is InChI=1S/7FH.Li.Nd.Yb/h7*1H;;;/q;;;;;;;+1;2*+3/p-7. The van der Waals surface area contributed by atoms with Crippen LogP contribution in [0.25, 0.3) is 0 Å². The first-order valence-corrected chi connectivity index (χ1v) is 0. The molecule has 0 rings (SSSR count). The van der Waals surface area contributed by atoms with Gasteiger partial charge in [0.05, 0.1) is 0 Å². The van der Waals surface area contributed by atoms with Crippen LogP contribution in [0.4, 0.5) is 0 Å². The van der Waals surface area contributed by atoms with Gasteiger partial charge < -0.3 is 32.9 Å². The molecule has 0 spiro atoms. The van der Waals surface area contributed by atoms with Crippen molar-refractivity contribution in [1.29, 1.82) is 0 Å². The van der Waals surface area contributed by atoms with E-state index in [-0.39, 0.29) is 140 Å². The first-order chi connectivity index (χ1) is 0. The fourth-order valence-corrected chi connectivity index (χ4v) is 0. The molecule has 0 aliphatic rings. The van der Waals surface area contributed by atoms with Crippen molar-refractivity contribution in [2.45, 2.75) is 0 Å². The first-order valence-electron chi connectivity index (χ1n) is 0. The molecule has 10 heavy (non-hydrogen) atoms. The van der Waals surface area contributed by atoms with Gasteiger partial charge >= 0.3 is 107 Å². The maximum absolute atomic E-state index is 0. The summed E-state index contributed by atoms with van der Waals surface area (Å²) in [5.41, 5.74) is 0. The van der Waals surface area contributed by atoms with E-state index in [1.807, 2.05) is 0 Å². The summed E-state index contributed by atoms with van der Waals surface area (Å²) in [6.45, 7) is 0. The van der Waals surface area contributed by atoms with E-state index < -0.39 is 0 Å². The summed E-state index contributed by atoms with van der Waals surface area (Å²) in [5.74, 6) is 0. The summed E-state index contributed by atoms with van der Waals surface area (Å²) < 4.78 is 0. The summed E-state index contributed by atoms with van der Waals surface area (Å²) in [6.07, 6.45) is 0. The molecular formula is F7LiNdYb. The molecule has 0 nitrogen and oxygen atoms in total. The second-order valence-corrected chi connectivity index (χ2v) is 0. The third-order valence-corrected chi connectivity index (χ3v) is 0. The van der Waals surface area contributed by atoms with Crippen molar-refractivity contribution in [2.24, 2.45) is 0 Å². The Labute approximate surface area is 137 Å². The van der Waals surface area contributed by atoms with E-state index in [2.05, 4.69) is 0 Å². The Morgan fingerprint density at radius 1 is 0.400 bits per heavy atom. The molecule has 2 radical (unpaired) electrons. The predicted octanol–water partition coefficient (Wildman–Crippen LogP) is -24.0. The Bertz CT molecular complexity index is 13.6. The van der Waals surface area contributed by atoms with Crippen molar-refractivity contribution >= 4 is 0 Å². The van der Waals surface area contributed by atoms with Crippen LogP contribution in [0.5, 0.6) is 0 Å². The molecule has 0 aromatic rings. The van der Waals surface area contributed by atoms with Crippen LogP contribution in [0.3, 0.4) is 0 Å². The fourth-order valence-electron chi connectivity index (χ4n) is 0. The zero-order valence-electron chi connectivity index (χ0n) is 4.41. The summed E-state index contributed by atoms with van der Waals surface area (Å²) >= 11 is 0. The molecule has 10 heteroatoms. The van der Waals surface area contributed by atoms with Crippen molar-refractivity contribution in [3.05, 3.63) is 0 Å². The van der Waals surface area contributed by atoms with Crippen LogP contribution < -0.4 is 51.8 Å². The monoisotopic (exact) mass is 456 g/mol. The minimum Gasteiger partial charge on any atom is -1.00 e. The molecule has 0 aliphatic carbocycles. The zero-order chi connectivity index (χ0) is 0. The summed E-state index contributed by atoms with van der Waals surface area (Å²) in [4.78, 5) is 0. The molecule has 0 aromatic carbocycles. The summed E-state index contributed by atoms with van der Waals surface area (Å²) in [6, 6.07) is 0. The second kappa shape index (κ2) is 163. The van der Waals surface area contributed by atoms with Crippen molar-refractivity contribution in [2.75, 3.05) is 0 Å². The Morgan fingerprint density at radius 2 is 0.400 bits per heavy atom. The molecule has 0 saturated carbocycles. The van der Waals surface area contributed by atoms with Crippen molar-refractivity contribution in [3.8, 4) is 0 Å². The number of hydrogen-bond donors (Lipinski definition) is 0. The molecule has 0 unspecified atom stereocenters.